The van der Waals surface area contributed by atoms with E-state index < -0.39 is 5.41 Å². The summed E-state index contributed by atoms with van der Waals surface area (Å²) in [6, 6.07) is 7.86. The smallest absolute Gasteiger partial charge is 0.225 e. The lowest BCUT2D eigenvalue weighted by Gasteiger charge is -2.41. The van der Waals surface area contributed by atoms with Gasteiger partial charge in [-0.25, -0.2) is 4.98 Å². The number of fused-ring (bicyclic) bond motifs is 1. The monoisotopic (exact) mass is 331 g/mol. The van der Waals surface area contributed by atoms with Gasteiger partial charge >= 0.3 is 0 Å². The Bertz CT molecular complexity index is 761. The third kappa shape index (κ3) is 2.88. The van der Waals surface area contributed by atoms with Gasteiger partial charge in [-0.2, -0.15) is 0 Å². The number of aryl methyl sites for hydroxylation is 1. The first-order valence-corrected chi connectivity index (χ1v) is 8.45. The molecule has 1 amide bonds. The van der Waals surface area contributed by atoms with Gasteiger partial charge in [0, 0.05) is 23.5 Å². The molecule has 1 atom stereocenters. The topological polar surface area (TPSA) is 59.2 Å². The molecule has 1 aliphatic rings. The molecule has 1 unspecified atom stereocenters. The number of piperidine rings is 1. The number of benzene rings is 1. The minimum absolute atomic E-state index is 0.203. The standard InChI is InChI=1S/C18H22ClN3O/c1-3-18(17(20)23)7-4-8-22(11-18)16-9-12(2)14-6-5-13(19)10-15(14)21-16/h5-6,9-10H,3-4,7-8,11H2,1-2H3,(H2,20,23). The Kier molecular flexibility index (Phi) is 4.19. The zero-order valence-electron chi connectivity index (χ0n) is 13.6. The molecular formula is C18H22ClN3O. The average molecular weight is 332 g/mol. The number of amides is 1. The molecule has 1 fully saturated rings. The molecule has 1 aromatic carbocycles. The molecule has 122 valence electrons. The Morgan fingerprint density at radius 1 is 1.43 bits per heavy atom. The number of aromatic nitrogens is 1. The zero-order chi connectivity index (χ0) is 16.6. The lowest BCUT2D eigenvalue weighted by atomic mass is 9.77. The number of carbonyl (C=O) groups excluding carboxylic acids is 1. The van der Waals surface area contributed by atoms with Crippen LogP contribution in [0.4, 0.5) is 5.82 Å². The van der Waals surface area contributed by atoms with Crippen LogP contribution in [0.2, 0.25) is 5.02 Å². The summed E-state index contributed by atoms with van der Waals surface area (Å²) >= 11 is 6.10. The summed E-state index contributed by atoms with van der Waals surface area (Å²) in [6.07, 6.45) is 2.57. The maximum absolute atomic E-state index is 12.0. The lowest BCUT2D eigenvalue weighted by Crippen LogP contribution is -2.50. The molecule has 3 rings (SSSR count). The molecule has 4 nitrogen and oxygen atoms in total. The van der Waals surface area contributed by atoms with Crippen molar-refractivity contribution in [3.63, 3.8) is 0 Å². The number of hydrogen-bond donors (Lipinski definition) is 1. The highest BCUT2D eigenvalue weighted by molar-refractivity contribution is 6.31. The van der Waals surface area contributed by atoms with Gasteiger partial charge in [-0.3, -0.25) is 4.79 Å². The van der Waals surface area contributed by atoms with E-state index in [9.17, 15) is 4.79 Å². The lowest BCUT2D eigenvalue weighted by molar-refractivity contribution is -0.128. The van der Waals surface area contributed by atoms with Gasteiger partial charge in [-0.15, -0.1) is 0 Å². The Balaban J connectivity index is 2.01. The summed E-state index contributed by atoms with van der Waals surface area (Å²) in [5.41, 5.74) is 7.29. The van der Waals surface area contributed by atoms with Gasteiger partial charge < -0.3 is 10.6 Å². The summed E-state index contributed by atoms with van der Waals surface area (Å²) in [7, 11) is 0. The highest BCUT2D eigenvalue weighted by Crippen LogP contribution is 2.35. The maximum atomic E-state index is 12.0. The molecule has 23 heavy (non-hydrogen) atoms. The van der Waals surface area contributed by atoms with Crippen molar-refractivity contribution in [2.24, 2.45) is 11.1 Å². The van der Waals surface area contributed by atoms with E-state index >= 15 is 0 Å². The minimum Gasteiger partial charge on any atom is -0.369 e. The highest BCUT2D eigenvalue weighted by atomic mass is 35.5. The number of carbonyl (C=O) groups is 1. The fraction of sp³-hybridized carbons (Fsp3) is 0.444. The van der Waals surface area contributed by atoms with Gasteiger partial charge in [0.05, 0.1) is 10.9 Å². The van der Waals surface area contributed by atoms with E-state index in [0.717, 1.165) is 48.1 Å². The fourth-order valence-electron chi connectivity index (χ4n) is 3.51. The molecule has 0 saturated carbocycles. The first-order chi connectivity index (χ1) is 10.9. The predicted octanol–water partition coefficient (Wildman–Crippen LogP) is 3.68. The van der Waals surface area contributed by atoms with E-state index in [1.165, 1.54) is 0 Å². The number of hydrogen-bond acceptors (Lipinski definition) is 3. The van der Waals surface area contributed by atoms with E-state index in [0.29, 0.717) is 11.6 Å². The number of rotatable bonds is 3. The average Bonchev–Trinajstić information content (AvgIpc) is 2.54. The molecule has 0 radical (unpaired) electrons. The van der Waals surface area contributed by atoms with Crippen LogP contribution in [-0.4, -0.2) is 24.0 Å². The molecule has 0 bridgehead atoms. The van der Waals surface area contributed by atoms with Crippen molar-refractivity contribution >= 4 is 34.2 Å². The molecule has 0 aliphatic carbocycles. The van der Waals surface area contributed by atoms with Crippen molar-refractivity contribution in [1.29, 1.82) is 0 Å². The van der Waals surface area contributed by atoms with Gasteiger partial charge in [-0.1, -0.05) is 24.6 Å². The third-order valence-corrected chi connectivity index (χ3v) is 5.30. The van der Waals surface area contributed by atoms with Crippen LogP contribution in [0.3, 0.4) is 0 Å². The molecule has 5 heteroatoms. The van der Waals surface area contributed by atoms with E-state index in [2.05, 4.69) is 17.9 Å². The van der Waals surface area contributed by atoms with Crippen molar-refractivity contribution in [2.45, 2.75) is 33.1 Å². The van der Waals surface area contributed by atoms with Crippen molar-refractivity contribution in [2.75, 3.05) is 18.0 Å². The first kappa shape index (κ1) is 16.1. The molecule has 2 heterocycles. The Labute approximate surface area is 141 Å². The second-order valence-corrected chi connectivity index (χ2v) is 6.92. The third-order valence-electron chi connectivity index (χ3n) is 5.07. The summed E-state index contributed by atoms with van der Waals surface area (Å²) in [6.45, 7) is 5.64. The highest BCUT2D eigenvalue weighted by Gasteiger charge is 2.39. The van der Waals surface area contributed by atoms with E-state index in [1.54, 1.807) is 0 Å². The van der Waals surface area contributed by atoms with E-state index in [1.807, 2.05) is 25.1 Å². The minimum atomic E-state index is -0.447. The molecule has 0 spiro atoms. The summed E-state index contributed by atoms with van der Waals surface area (Å²) in [5, 5.41) is 1.78. The van der Waals surface area contributed by atoms with Crippen LogP contribution in [0.5, 0.6) is 0 Å². The van der Waals surface area contributed by atoms with Gasteiger partial charge in [-0.05, 0) is 49.9 Å². The van der Waals surface area contributed by atoms with Crippen molar-refractivity contribution < 1.29 is 4.79 Å². The van der Waals surface area contributed by atoms with Gasteiger partial charge in [0.2, 0.25) is 5.91 Å². The largest absolute Gasteiger partial charge is 0.369 e. The summed E-state index contributed by atoms with van der Waals surface area (Å²) in [5.74, 6) is 0.696. The zero-order valence-corrected chi connectivity index (χ0v) is 14.4. The van der Waals surface area contributed by atoms with Crippen LogP contribution in [0, 0.1) is 12.3 Å². The first-order valence-electron chi connectivity index (χ1n) is 8.07. The van der Waals surface area contributed by atoms with E-state index in [-0.39, 0.29) is 5.91 Å². The normalized spacial score (nSPS) is 21.6. The molecule has 1 saturated heterocycles. The second-order valence-electron chi connectivity index (χ2n) is 6.48. The predicted molar refractivity (Wildman–Crippen MR) is 94.9 cm³/mol. The SMILES string of the molecule is CCC1(C(N)=O)CCCN(c2cc(C)c3ccc(Cl)cc3n2)C1. The van der Waals surface area contributed by atoms with Crippen LogP contribution in [-0.2, 0) is 4.79 Å². The molecule has 2 aromatic rings. The number of pyridine rings is 1. The Morgan fingerprint density at radius 2 is 2.22 bits per heavy atom. The van der Waals surface area contributed by atoms with Crippen LogP contribution in [0.1, 0.15) is 31.7 Å². The second kappa shape index (κ2) is 6.00. The van der Waals surface area contributed by atoms with Crippen LogP contribution in [0.15, 0.2) is 24.3 Å². The quantitative estimate of drug-likeness (QED) is 0.933. The van der Waals surface area contributed by atoms with Crippen LogP contribution < -0.4 is 10.6 Å². The van der Waals surface area contributed by atoms with Gasteiger partial charge in [0.15, 0.2) is 0 Å². The molecule has 1 aromatic heterocycles. The van der Waals surface area contributed by atoms with Crippen molar-refractivity contribution in [3.05, 3.63) is 34.9 Å². The van der Waals surface area contributed by atoms with Gasteiger partial charge in [0.25, 0.3) is 0 Å². The van der Waals surface area contributed by atoms with Crippen molar-refractivity contribution in [3.8, 4) is 0 Å². The van der Waals surface area contributed by atoms with Gasteiger partial charge in [0.1, 0.15) is 5.82 Å². The molecular weight excluding hydrogens is 310 g/mol. The Hall–Kier alpha value is -1.81. The maximum Gasteiger partial charge on any atom is 0.225 e. The molecule has 2 N–H and O–H groups in total. The molecule has 1 aliphatic heterocycles. The van der Waals surface area contributed by atoms with E-state index in [4.69, 9.17) is 22.3 Å². The number of halogens is 1. The summed E-state index contributed by atoms with van der Waals surface area (Å²) < 4.78 is 0. The Morgan fingerprint density at radius 3 is 2.91 bits per heavy atom. The number of anilines is 1. The van der Waals surface area contributed by atoms with Crippen molar-refractivity contribution in [1.82, 2.24) is 4.98 Å². The number of nitrogens with two attached hydrogens (primary N) is 1. The summed E-state index contributed by atoms with van der Waals surface area (Å²) in [4.78, 5) is 18.9. The number of primary amides is 1. The van der Waals surface area contributed by atoms with Crippen LogP contribution >= 0.6 is 11.6 Å². The number of nitrogens with zero attached hydrogens (tertiary/aromatic N) is 2. The fourth-order valence-corrected chi connectivity index (χ4v) is 3.68. The van der Waals surface area contributed by atoms with Crippen LogP contribution in [0.25, 0.3) is 10.9 Å².